The molecule has 0 unspecified atom stereocenters. The summed E-state index contributed by atoms with van der Waals surface area (Å²) in [4.78, 5) is 11.3. The fourth-order valence-corrected chi connectivity index (χ4v) is 1.19. The number of nitrogens with two attached hydrogens (primary N) is 1. The van der Waals surface area contributed by atoms with E-state index in [-0.39, 0.29) is 18.0 Å². The Morgan fingerprint density at radius 1 is 1.53 bits per heavy atom. The van der Waals surface area contributed by atoms with Crippen LogP contribution in [0.15, 0.2) is 18.2 Å². The van der Waals surface area contributed by atoms with Gasteiger partial charge >= 0.3 is 0 Å². The Morgan fingerprint density at radius 2 is 2.27 bits per heavy atom. The SMILES string of the molecule is CCCNC(=O)Cc1ccc(N)c(F)c1. The summed E-state index contributed by atoms with van der Waals surface area (Å²) in [6.45, 7) is 2.62. The minimum Gasteiger partial charge on any atom is -0.396 e. The van der Waals surface area contributed by atoms with Gasteiger partial charge in [0.2, 0.25) is 5.91 Å². The number of rotatable bonds is 4. The quantitative estimate of drug-likeness (QED) is 0.739. The number of benzene rings is 1. The molecule has 0 saturated heterocycles. The summed E-state index contributed by atoms with van der Waals surface area (Å²) >= 11 is 0. The molecule has 0 atom stereocenters. The van der Waals surface area contributed by atoms with Crippen molar-refractivity contribution in [2.24, 2.45) is 0 Å². The third-order valence-electron chi connectivity index (χ3n) is 2.00. The van der Waals surface area contributed by atoms with Gasteiger partial charge in [-0.25, -0.2) is 4.39 Å². The molecule has 0 aliphatic carbocycles. The molecule has 1 aromatic carbocycles. The van der Waals surface area contributed by atoms with E-state index in [1.54, 1.807) is 6.07 Å². The van der Waals surface area contributed by atoms with E-state index < -0.39 is 5.82 Å². The summed E-state index contributed by atoms with van der Waals surface area (Å²) in [6.07, 6.45) is 1.08. The molecule has 0 aliphatic heterocycles. The second-order valence-electron chi connectivity index (χ2n) is 3.38. The Morgan fingerprint density at radius 3 is 2.87 bits per heavy atom. The maximum atomic E-state index is 13.0. The second-order valence-corrected chi connectivity index (χ2v) is 3.38. The predicted octanol–water partition coefficient (Wildman–Crippen LogP) is 1.48. The van der Waals surface area contributed by atoms with Gasteiger partial charge in [0.05, 0.1) is 12.1 Å². The van der Waals surface area contributed by atoms with Gasteiger partial charge in [0.15, 0.2) is 0 Å². The standard InChI is InChI=1S/C11H15FN2O/c1-2-5-14-11(15)7-8-3-4-10(13)9(12)6-8/h3-4,6H,2,5,7,13H2,1H3,(H,14,15). The molecular weight excluding hydrogens is 195 g/mol. The predicted molar refractivity (Wildman–Crippen MR) is 57.8 cm³/mol. The van der Waals surface area contributed by atoms with Crippen molar-refractivity contribution < 1.29 is 9.18 Å². The van der Waals surface area contributed by atoms with Crippen LogP contribution in [0.5, 0.6) is 0 Å². The van der Waals surface area contributed by atoms with Crippen molar-refractivity contribution in [3.8, 4) is 0 Å². The fraction of sp³-hybridized carbons (Fsp3) is 0.364. The first-order valence-electron chi connectivity index (χ1n) is 4.94. The van der Waals surface area contributed by atoms with Crippen LogP contribution in [0.4, 0.5) is 10.1 Å². The van der Waals surface area contributed by atoms with E-state index in [9.17, 15) is 9.18 Å². The Labute approximate surface area is 88.5 Å². The highest BCUT2D eigenvalue weighted by Gasteiger charge is 2.04. The van der Waals surface area contributed by atoms with Gasteiger partial charge in [-0.05, 0) is 24.1 Å². The first-order chi connectivity index (χ1) is 7.13. The number of nitrogens with one attached hydrogen (secondary N) is 1. The van der Waals surface area contributed by atoms with Crippen LogP contribution in [0.25, 0.3) is 0 Å². The number of anilines is 1. The van der Waals surface area contributed by atoms with Crippen molar-refractivity contribution >= 4 is 11.6 Å². The van der Waals surface area contributed by atoms with Crippen LogP contribution in [0.3, 0.4) is 0 Å². The molecule has 0 fully saturated rings. The largest absolute Gasteiger partial charge is 0.396 e. The smallest absolute Gasteiger partial charge is 0.224 e. The highest BCUT2D eigenvalue weighted by Crippen LogP contribution is 2.12. The number of amides is 1. The Kier molecular flexibility index (Phi) is 4.09. The van der Waals surface area contributed by atoms with Gasteiger partial charge in [0.1, 0.15) is 5.82 Å². The van der Waals surface area contributed by atoms with Crippen LogP contribution in [0.2, 0.25) is 0 Å². The van der Waals surface area contributed by atoms with Gasteiger partial charge in [0.25, 0.3) is 0 Å². The topological polar surface area (TPSA) is 55.1 Å². The summed E-state index contributed by atoms with van der Waals surface area (Å²) < 4.78 is 13.0. The lowest BCUT2D eigenvalue weighted by Gasteiger charge is -2.04. The van der Waals surface area contributed by atoms with Crippen molar-refractivity contribution in [3.63, 3.8) is 0 Å². The van der Waals surface area contributed by atoms with Crippen molar-refractivity contribution in [2.75, 3.05) is 12.3 Å². The van der Waals surface area contributed by atoms with Crippen LogP contribution in [0.1, 0.15) is 18.9 Å². The first-order valence-corrected chi connectivity index (χ1v) is 4.94. The van der Waals surface area contributed by atoms with E-state index >= 15 is 0 Å². The third kappa shape index (κ3) is 3.58. The van der Waals surface area contributed by atoms with Gasteiger partial charge in [-0.2, -0.15) is 0 Å². The lowest BCUT2D eigenvalue weighted by atomic mass is 10.1. The Hall–Kier alpha value is -1.58. The molecule has 0 spiro atoms. The average Bonchev–Trinajstić information content (AvgIpc) is 2.20. The maximum Gasteiger partial charge on any atom is 0.224 e. The van der Waals surface area contributed by atoms with E-state index in [2.05, 4.69) is 5.32 Å². The van der Waals surface area contributed by atoms with E-state index in [0.29, 0.717) is 12.1 Å². The minimum absolute atomic E-state index is 0.0963. The average molecular weight is 210 g/mol. The van der Waals surface area contributed by atoms with E-state index in [4.69, 9.17) is 5.73 Å². The molecule has 0 radical (unpaired) electrons. The van der Waals surface area contributed by atoms with E-state index in [1.165, 1.54) is 12.1 Å². The second kappa shape index (κ2) is 5.34. The molecule has 0 aliphatic rings. The van der Waals surface area contributed by atoms with Crippen molar-refractivity contribution in [3.05, 3.63) is 29.6 Å². The summed E-state index contributed by atoms with van der Waals surface area (Å²) in [5, 5.41) is 2.72. The number of halogens is 1. The molecule has 15 heavy (non-hydrogen) atoms. The zero-order chi connectivity index (χ0) is 11.3. The van der Waals surface area contributed by atoms with Gasteiger partial charge < -0.3 is 11.1 Å². The molecule has 1 rings (SSSR count). The molecule has 1 amide bonds. The lowest BCUT2D eigenvalue weighted by molar-refractivity contribution is -0.120. The van der Waals surface area contributed by atoms with Crippen LogP contribution in [-0.2, 0) is 11.2 Å². The third-order valence-corrected chi connectivity index (χ3v) is 2.00. The summed E-state index contributed by atoms with van der Waals surface area (Å²) in [7, 11) is 0. The normalized spacial score (nSPS) is 10.0. The summed E-state index contributed by atoms with van der Waals surface area (Å²) in [6, 6.07) is 4.42. The number of hydrogen-bond donors (Lipinski definition) is 2. The van der Waals surface area contributed by atoms with Crippen LogP contribution in [-0.4, -0.2) is 12.5 Å². The first kappa shape index (κ1) is 11.5. The molecule has 0 aromatic heterocycles. The Balaban J connectivity index is 2.57. The number of nitrogen functional groups attached to an aromatic ring is 1. The molecule has 3 N–H and O–H groups in total. The highest BCUT2D eigenvalue weighted by molar-refractivity contribution is 5.78. The number of carbonyl (C=O) groups excluding carboxylic acids is 1. The zero-order valence-corrected chi connectivity index (χ0v) is 8.72. The minimum atomic E-state index is -0.476. The lowest BCUT2D eigenvalue weighted by Crippen LogP contribution is -2.25. The molecule has 0 bridgehead atoms. The highest BCUT2D eigenvalue weighted by atomic mass is 19.1. The van der Waals surface area contributed by atoms with Gasteiger partial charge in [-0.1, -0.05) is 13.0 Å². The zero-order valence-electron chi connectivity index (χ0n) is 8.72. The van der Waals surface area contributed by atoms with Crippen LogP contribution < -0.4 is 11.1 Å². The van der Waals surface area contributed by atoms with Crippen molar-refractivity contribution in [2.45, 2.75) is 19.8 Å². The molecule has 1 aromatic rings. The maximum absolute atomic E-state index is 13.0. The molecule has 82 valence electrons. The summed E-state index contributed by atoms with van der Waals surface area (Å²) in [5.74, 6) is -0.572. The molecule has 0 saturated carbocycles. The number of carbonyl (C=O) groups is 1. The molecular formula is C11H15FN2O. The van der Waals surface area contributed by atoms with Crippen LogP contribution in [0, 0.1) is 5.82 Å². The fourth-order valence-electron chi connectivity index (χ4n) is 1.19. The molecule has 0 heterocycles. The van der Waals surface area contributed by atoms with Crippen molar-refractivity contribution in [1.82, 2.24) is 5.32 Å². The Bertz CT molecular complexity index is 352. The van der Waals surface area contributed by atoms with Crippen LogP contribution >= 0.6 is 0 Å². The van der Waals surface area contributed by atoms with Crippen molar-refractivity contribution in [1.29, 1.82) is 0 Å². The summed E-state index contributed by atoms with van der Waals surface area (Å²) in [5.41, 5.74) is 6.06. The van der Waals surface area contributed by atoms with E-state index in [0.717, 1.165) is 6.42 Å². The van der Waals surface area contributed by atoms with E-state index in [1.807, 2.05) is 6.92 Å². The monoisotopic (exact) mass is 210 g/mol. The van der Waals surface area contributed by atoms with Gasteiger partial charge in [-0.15, -0.1) is 0 Å². The number of hydrogen-bond acceptors (Lipinski definition) is 2. The van der Waals surface area contributed by atoms with Gasteiger partial charge in [0, 0.05) is 6.54 Å². The molecule has 3 nitrogen and oxygen atoms in total. The molecule has 4 heteroatoms. The van der Waals surface area contributed by atoms with Gasteiger partial charge in [-0.3, -0.25) is 4.79 Å².